The van der Waals surface area contributed by atoms with Gasteiger partial charge in [0.05, 0.1) is 13.0 Å². The van der Waals surface area contributed by atoms with Crippen LogP contribution >= 0.6 is 0 Å². The number of rotatable bonds is 8. The maximum Gasteiger partial charge on any atom is 0.221 e. The number of anilines is 1. The number of amides is 1. The summed E-state index contributed by atoms with van der Waals surface area (Å²) < 4.78 is 0. The first-order valence-corrected chi connectivity index (χ1v) is 11.3. The zero-order valence-electron chi connectivity index (χ0n) is 18.9. The van der Waals surface area contributed by atoms with Crippen molar-refractivity contribution < 1.29 is 4.79 Å². The van der Waals surface area contributed by atoms with E-state index < -0.39 is 0 Å². The summed E-state index contributed by atoms with van der Waals surface area (Å²) in [5.74, 6) is 0.337. The number of guanidine groups is 1. The molecule has 4 aromatic carbocycles. The van der Waals surface area contributed by atoms with Gasteiger partial charge in [0.25, 0.3) is 0 Å². The lowest BCUT2D eigenvalue weighted by Crippen LogP contribution is -2.30. The van der Waals surface area contributed by atoms with Crippen molar-refractivity contribution in [3.63, 3.8) is 0 Å². The van der Waals surface area contributed by atoms with Gasteiger partial charge in [-0.05, 0) is 39.9 Å². The van der Waals surface area contributed by atoms with Gasteiger partial charge < -0.3 is 16.4 Å². The van der Waals surface area contributed by atoms with Crippen LogP contribution in [-0.4, -0.2) is 11.9 Å². The Hall–Kier alpha value is -4.38. The first kappa shape index (κ1) is 22.8. The van der Waals surface area contributed by atoms with Gasteiger partial charge in [0.1, 0.15) is 0 Å². The molecule has 34 heavy (non-hydrogen) atoms. The van der Waals surface area contributed by atoms with Crippen LogP contribution in [0.3, 0.4) is 0 Å². The third-order valence-electron chi connectivity index (χ3n) is 5.38. The van der Waals surface area contributed by atoms with Crippen molar-refractivity contribution >= 4 is 17.6 Å². The van der Waals surface area contributed by atoms with E-state index in [-0.39, 0.29) is 12.3 Å². The van der Waals surface area contributed by atoms with Crippen molar-refractivity contribution in [1.29, 1.82) is 0 Å². The second-order valence-corrected chi connectivity index (χ2v) is 8.03. The van der Waals surface area contributed by atoms with Gasteiger partial charge in [-0.2, -0.15) is 0 Å². The average Bonchev–Trinajstić information content (AvgIpc) is 2.88. The van der Waals surface area contributed by atoms with Gasteiger partial charge in [0.15, 0.2) is 5.96 Å². The summed E-state index contributed by atoms with van der Waals surface area (Å²) >= 11 is 0. The molecule has 0 radical (unpaired) electrons. The Morgan fingerprint density at radius 1 is 0.676 bits per heavy atom. The highest BCUT2D eigenvalue weighted by molar-refractivity contribution is 5.93. The summed E-state index contributed by atoms with van der Waals surface area (Å²) in [6.07, 6.45) is 0.229. The highest BCUT2D eigenvalue weighted by Gasteiger charge is 2.04. The Balaban J connectivity index is 1.45. The van der Waals surface area contributed by atoms with Crippen molar-refractivity contribution in [3.8, 4) is 11.1 Å². The first-order chi connectivity index (χ1) is 16.7. The second-order valence-electron chi connectivity index (χ2n) is 8.03. The number of carbonyl (C=O) groups is 1. The number of hydrogen-bond donors (Lipinski definition) is 3. The topological polar surface area (TPSA) is 79.5 Å². The van der Waals surface area contributed by atoms with E-state index in [1.54, 1.807) is 0 Å². The smallest absolute Gasteiger partial charge is 0.221 e. The fraction of sp³-hybridized carbons (Fsp3) is 0.103. The van der Waals surface area contributed by atoms with Gasteiger partial charge in [-0.15, -0.1) is 0 Å². The minimum atomic E-state index is -0.342. The SMILES string of the molecule is NC(=O)Cc1ccc(NC(=NCc2ccccc2)NCc2ccc(-c3ccccc3)cc2)cc1. The molecular weight excluding hydrogens is 420 g/mol. The number of hydrogen-bond acceptors (Lipinski definition) is 2. The molecule has 0 saturated heterocycles. The lowest BCUT2D eigenvalue weighted by Gasteiger charge is -2.14. The van der Waals surface area contributed by atoms with Crippen molar-refractivity contribution in [3.05, 3.63) is 126 Å². The molecule has 0 bridgehead atoms. The van der Waals surface area contributed by atoms with Crippen molar-refractivity contribution in [2.45, 2.75) is 19.5 Å². The molecule has 4 aromatic rings. The van der Waals surface area contributed by atoms with Crippen LogP contribution in [0.4, 0.5) is 5.69 Å². The van der Waals surface area contributed by atoms with E-state index >= 15 is 0 Å². The molecule has 0 saturated carbocycles. The van der Waals surface area contributed by atoms with E-state index in [4.69, 9.17) is 10.7 Å². The molecule has 170 valence electrons. The Morgan fingerprint density at radius 3 is 1.91 bits per heavy atom. The summed E-state index contributed by atoms with van der Waals surface area (Å²) in [7, 11) is 0. The Labute approximate surface area is 200 Å². The molecule has 4 rings (SSSR count). The predicted octanol–water partition coefficient (Wildman–Crippen LogP) is 5.14. The van der Waals surface area contributed by atoms with Gasteiger partial charge in [-0.1, -0.05) is 97.1 Å². The molecule has 5 heteroatoms. The molecule has 4 N–H and O–H groups in total. The molecular formula is C29H28N4O. The summed E-state index contributed by atoms with van der Waals surface area (Å²) in [5, 5.41) is 6.79. The van der Waals surface area contributed by atoms with Crippen LogP contribution in [0.5, 0.6) is 0 Å². The average molecular weight is 449 g/mol. The van der Waals surface area contributed by atoms with E-state index in [0.29, 0.717) is 19.0 Å². The largest absolute Gasteiger partial charge is 0.369 e. The van der Waals surface area contributed by atoms with Gasteiger partial charge in [-0.3, -0.25) is 4.79 Å². The van der Waals surface area contributed by atoms with E-state index in [9.17, 15) is 4.79 Å². The number of carbonyl (C=O) groups excluding carboxylic acids is 1. The van der Waals surface area contributed by atoms with Crippen LogP contribution < -0.4 is 16.4 Å². The number of nitrogens with two attached hydrogens (primary N) is 1. The molecule has 1 amide bonds. The molecule has 0 spiro atoms. The highest BCUT2D eigenvalue weighted by Crippen LogP contribution is 2.19. The van der Waals surface area contributed by atoms with Crippen LogP contribution in [0.1, 0.15) is 16.7 Å². The Bertz CT molecular complexity index is 1220. The minimum Gasteiger partial charge on any atom is -0.369 e. The fourth-order valence-electron chi connectivity index (χ4n) is 3.57. The third kappa shape index (κ3) is 6.81. The molecule has 0 aromatic heterocycles. The fourth-order valence-corrected chi connectivity index (χ4v) is 3.57. The third-order valence-corrected chi connectivity index (χ3v) is 5.38. The molecule has 5 nitrogen and oxygen atoms in total. The quantitative estimate of drug-likeness (QED) is 0.258. The Morgan fingerprint density at radius 2 is 1.26 bits per heavy atom. The van der Waals surface area contributed by atoms with Gasteiger partial charge in [0, 0.05) is 12.2 Å². The van der Waals surface area contributed by atoms with Crippen molar-refractivity contribution in [1.82, 2.24) is 5.32 Å². The van der Waals surface area contributed by atoms with Gasteiger partial charge >= 0.3 is 0 Å². The van der Waals surface area contributed by atoms with Crippen LogP contribution in [0, 0.1) is 0 Å². The van der Waals surface area contributed by atoms with E-state index in [1.807, 2.05) is 60.7 Å². The summed E-state index contributed by atoms with van der Waals surface area (Å²) in [5.41, 5.74) is 11.7. The van der Waals surface area contributed by atoms with E-state index in [1.165, 1.54) is 11.1 Å². The summed E-state index contributed by atoms with van der Waals surface area (Å²) in [4.78, 5) is 15.9. The Kier molecular flexibility index (Phi) is 7.70. The predicted molar refractivity (Wildman–Crippen MR) is 139 cm³/mol. The van der Waals surface area contributed by atoms with Gasteiger partial charge in [0.2, 0.25) is 5.91 Å². The molecule has 0 atom stereocenters. The zero-order chi connectivity index (χ0) is 23.6. The lowest BCUT2D eigenvalue weighted by atomic mass is 10.0. The van der Waals surface area contributed by atoms with E-state index in [0.717, 1.165) is 22.4 Å². The van der Waals surface area contributed by atoms with Crippen molar-refractivity contribution in [2.24, 2.45) is 10.7 Å². The standard InChI is InChI=1S/C29H28N4O/c30-28(34)19-22-13-17-27(18-14-22)33-29(31-20-23-7-3-1-4-8-23)32-21-24-11-15-26(16-12-24)25-9-5-2-6-10-25/h1-18H,19-21H2,(H2,30,34)(H2,31,32,33). The number of benzene rings is 4. The normalized spacial score (nSPS) is 11.1. The molecule has 0 heterocycles. The van der Waals surface area contributed by atoms with Crippen LogP contribution in [-0.2, 0) is 24.3 Å². The van der Waals surface area contributed by atoms with Crippen LogP contribution in [0.25, 0.3) is 11.1 Å². The number of nitrogens with zero attached hydrogens (tertiary/aromatic N) is 1. The van der Waals surface area contributed by atoms with Crippen LogP contribution in [0.2, 0.25) is 0 Å². The molecule has 0 aliphatic rings. The number of aliphatic imine (C=N–C) groups is 1. The first-order valence-electron chi connectivity index (χ1n) is 11.3. The lowest BCUT2D eigenvalue weighted by molar-refractivity contribution is -0.117. The summed E-state index contributed by atoms with van der Waals surface area (Å²) in [6.45, 7) is 1.19. The monoisotopic (exact) mass is 448 g/mol. The molecule has 0 fully saturated rings. The number of primary amides is 1. The highest BCUT2D eigenvalue weighted by atomic mass is 16.1. The molecule has 0 aliphatic carbocycles. The van der Waals surface area contributed by atoms with Crippen molar-refractivity contribution in [2.75, 3.05) is 5.32 Å². The second kappa shape index (κ2) is 11.5. The minimum absolute atomic E-state index is 0.229. The molecule has 0 unspecified atom stereocenters. The van der Waals surface area contributed by atoms with Crippen LogP contribution in [0.15, 0.2) is 114 Å². The zero-order valence-corrected chi connectivity index (χ0v) is 18.9. The molecule has 0 aliphatic heterocycles. The maximum absolute atomic E-state index is 11.2. The summed E-state index contributed by atoms with van der Waals surface area (Å²) in [6, 6.07) is 36.6. The number of nitrogens with one attached hydrogen (secondary N) is 2. The van der Waals surface area contributed by atoms with E-state index in [2.05, 4.69) is 59.2 Å². The maximum atomic E-state index is 11.2. The van der Waals surface area contributed by atoms with Gasteiger partial charge in [-0.25, -0.2) is 4.99 Å².